The second-order valence-electron chi connectivity index (χ2n) is 5.62. The molecule has 1 aromatic heterocycles. The highest BCUT2D eigenvalue weighted by atomic mass is 35.5. The molecule has 1 N–H and O–H groups in total. The molecule has 1 saturated heterocycles. The molecule has 6 nitrogen and oxygen atoms in total. The molecule has 1 aliphatic rings. The van der Waals surface area contributed by atoms with Gasteiger partial charge in [-0.15, -0.1) is 0 Å². The fourth-order valence-corrected chi connectivity index (χ4v) is 2.57. The topological polar surface area (TPSA) is 73.6 Å². The quantitative estimate of drug-likeness (QED) is 0.831. The summed E-state index contributed by atoms with van der Waals surface area (Å²) in [5.41, 5.74) is 1.52. The standard InChI is InChI=1S/C17H19ClN2O4/c18-13-5-3-12(4-6-13)16-8-14(20-24-16)9-19-17(21)11-22-10-15-2-1-7-23-15/h3-6,8,15H,1-2,7,9-11H2,(H,19,21)/t15-/m1/s1. The number of aromatic nitrogens is 1. The van der Waals surface area contributed by atoms with Crippen LogP contribution in [0, 0.1) is 0 Å². The fourth-order valence-electron chi connectivity index (χ4n) is 2.44. The van der Waals surface area contributed by atoms with E-state index in [0.29, 0.717) is 29.6 Å². The fraction of sp³-hybridized carbons (Fsp3) is 0.412. The van der Waals surface area contributed by atoms with Crippen LogP contribution in [0.15, 0.2) is 34.9 Å². The molecule has 1 aromatic carbocycles. The normalized spacial score (nSPS) is 17.1. The first-order valence-corrected chi connectivity index (χ1v) is 8.26. The molecule has 2 heterocycles. The number of nitrogens with zero attached hydrogens (tertiary/aromatic N) is 1. The highest BCUT2D eigenvalue weighted by Gasteiger charge is 2.16. The molecule has 1 atom stereocenters. The van der Waals surface area contributed by atoms with Crippen molar-refractivity contribution in [3.05, 3.63) is 41.0 Å². The molecule has 0 unspecified atom stereocenters. The van der Waals surface area contributed by atoms with Crippen LogP contribution in [-0.4, -0.2) is 37.0 Å². The summed E-state index contributed by atoms with van der Waals surface area (Å²) in [5.74, 6) is 0.439. The van der Waals surface area contributed by atoms with Crippen LogP contribution < -0.4 is 5.32 Å². The van der Waals surface area contributed by atoms with Crippen LogP contribution in [0.1, 0.15) is 18.5 Å². The van der Waals surface area contributed by atoms with E-state index in [4.69, 9.17) is 25.6 Å². The third-order valence-corrected chi connectivity index (χ3v) is 3.97. The van der Waals surface area contributed by atoms with E-state index in [2.05, 4.69) is 10.5 Å². The van der Waals surface area contributed by atoms with Crippen molar-refractivity contribution in [2.45, 2.75) is 25.5 Å². The van der Waals surface area contributed by atoms with Crippen LogP contribution in [0.4, 0.5) is 0 Å². The van der Waals surface area contributed by atoms with E-state index >= 15 is 0 Å². The van der Waals surface area contributed by atoms with Crippen LogP contribution in [0.2, 0.25) is 5.02 Å². The van der Waals surface area contributed by atoms with Crippen LogP contribution in [-0.2, 0) is 20.8 Å². The van der Waals surface area contributed by atoms with Gasteiger partial charge in [-0.05, 0) is 37.1 Å². The first-order valence-electron chi connectivity index (χ1n) is 7.88. The summed E-state index contributed by atoms with van der Waals surface area (Å²) in [5, 5.41) is 7.36. The predicted molar refractivity (Wildman–Crippen MR) is 88.6 cm³/mol. The van der Waals surface area contributed by atoms with Gasteiger partial charge in [0.2, 0.25) is 5.91 Å². The Morgan fingerprint density at radius 2 is 2.21 bits per heavy atom. The Balaban J connectivity index is 1.41. The van der Waals surface area contributed by atoms with Gasteiger partial charge >= 0.3 is 0 Å². The maximum Gasteiger partial charge on any atom is 0.246 e. The molecule has 1 amide bonds. The van der Waals surface area contributed by atoms with Crippen LogP contribution >= 0.6 is 11.6 Å². The lowest BCUT2D eigenvalue weighted by Crippen LogP contribution is -2.28. The highest BCUT2D eigenvalue weighted by molar-refractivity contribution is 6.30. The molecule has 0 saturated carbocycles. The minimum atomic E-state index is -0.191. The molecular weight excluding hydrogens is 332 g/mol. The van der Waals surface area contributed by atoms with Gasteiger partial charge in [-0.2, -0.15) is 0 Å². The van der Waals surface area contributed by atoms with Gasteiger partial charge < -0.3 is 19.3 Å². The zero-order valence-electron chi connectivity index (χ0n) is 13.2. The van der Waals surface area contributed by atoms with E-state index in [-0.39, 0.29) is 18.6 Å². The van der Waals surface area contributed by atoms with Crippen LogP contribution in [0.3, 0.4) is 0 Å². The number of ether oxygens (including phenoxy) is 2. The molecule has 1 aliphatic heterocycles. The molecule has 0 spiro atoms. The van der Waals surface area contributed by atoms with Crippen molar-refractivity contribution in [1.82, 2.24) is 10.5 Å². The van der Waals surface area contributed by atoms with E-state index < -0.39 is 0 Å². The van der Waals surface area contributed by atoms with Gasteiger partial charge in [0.05, 0.1) is 19.3 Å². The van der Waals surface area contributed by atoms with Gasteiger partial charge in [0.1, 0.15) is 12.3 Å². The summed E-state index contributed by atoms with van der Waals surface area (Å²) in [6.45, 7) is 1.54. The number of halogens is 1. The van der Waals surface area contributed by atoms with Gasteiger partial charge in [-0.3, -0.25) is 4.79 Å². The largest absolute Gasteiger partial charge is 0.376 e. The summed E-state index contributed by atoms with van der Waals surface area (Å²) in [6.07, 6.45) is 2.17. The molecule has 7 heteroatoms. The van der Waals surface area contributed by atoms with E-state index in [9.17, 15) is 4.79 Å². The third kappa shape index (κ3) is 4.80. The Bertz CT molecular complexity index is 665. The Labute approximate surface area is 145 Å². The summed E-state index contributed by atoms with van der Waals surface area (Å²) >= 11 is 5.86. The van der Waals surface area contributed by atoms with Crippen molar-refractivity contribution in [3.8, 4) is 11.3 Å². The number of rotatable bonds is 7. The average molecular weight is 351 g/mol. The SMILES string of the molecule is O=C(COC[C@H]1CCCO1)NCc1cc(-c2ccc(Cl)cc2)on1. The van der Waals surface area contributed by atoms with Gasteiger partial charge in [-0.1, -0.05) is 16.8 Å². The van der Waals surface area contributed by atoms with Crippen molar-refractivity contribution in [2.75, 3.05) is 19.8 Å². The second kappa shape index (κ2) is 8.28. The number of nitrogens with one attached hydrogen (secondary N) is 1. The number of benzene rings is 1. The molecule has 0 radical (unpaired) electrons. The first kappa shape index (κ1) is 17.0. The lowest BCUT2D eigenvalue weighted by atomic mass is 10.1. The van der Waals surface area contributed by atoms with Crippen molar-refractivity contribution in [1.29, 1.82) is 0 Å². The number of carbonyl (C=O) groups is 1. The lowest BCUT2D eigenvalue weighted by Gasteiger charge is -2.09. The first-order chi connectivity index (χ1) is 11.7. The highest BCUT2D eigenvalue weighted by Crippen LogP contribution is 2.22. The maximum absolute atomic E-state index is 11.8. The van der Waals surface area contributed by atoms with Crippen LogP contribution in [0.25, 0.3) is 11.3 Å². The Morgan fingerprint density at radius 3 is 2.96 bits per heavy atom. The zero-order chi connectivity index (χ0) is 16.8. The number of hydrogen-bond donors (Lipinski definition) is 1. The minimum absolute atomic E-state index is 0.0156. The Morgan fingerprint density at radius 1 is 1.38 bits per heavy atom. The number of hydrogen-bond acceptors (Lipinski definition) is 5. The molecule has 128 valence electrons. The minimum Gasteiger partial charge on any atom is -0.376 e. The van der Waals surface area contributed by atoms with E-state index in [1.807, 2.05) is 12.1 Å². The molecule has 0 bridgehead atoms. The van der Waals surface area contributed by atoms with Gasteiger partial charge in [0.25, 0.3) is 0 Å². The third-order valence-electron chi connectivity index (χ3n) is 3.72. The monoisotopic (exact) mass is 350 g/mol. The zero-order valence-corrected chi connectivity index (χ0v) is 13.9. The van der Waals surface area contributed by atoms with Gasteiger partial charge in [-0.25, -0.2) is 0 Å². The van der Waals surface area contributed by atoms with E-state index in [1.54, 1.807) is 18.2 Å². The van der Waals surface area contributed by atoms with Crippen molar-refractivity contribution in [3.63, 3.8) is 0 Å². The van der Waals surface area contributed by atoms with E-state index in [0.717, 1.165) is 25.0 Å². The average Bonchev–Trinajstić information content (AvgIpc) is 3.25. The van der Waals surface area contributed by atoms with Gasteiger partial charge in [0, 0.05) is 23.3 Å². The Kier molecular flexibility index (Phi) is 5.85. The van der Waals surface area contributed by atoms with Crippen LogP contribution in [0.5, 0.6) is 0 Å². The molecule has 2 aromatic rings. The predicted octanol–water partition coefficient (Wildman–Crippen LogP) is 2.81. The van der Waals surface area contributed by atoms with Gasteiger partial charge in [0.15, 0.2) is 5.76 Å². The lowest BCUT2D eigenvalue weighted by molar-refractivity contribution is -0.127. The second-order valence-corrected chi connectivity index (χ2v) is 6.05. The van der Waals surface area contributed by atoms with Crippen molar-refractivity contribution >= 4 is 17.5 Å². The van der Waals surface area contributed by atoms with E-state index in [1.165, 1.54) is 0 Å². The van der Waals surface area contributed by atoms with Crippen molar-refractivity contribution < 1.29 is 18.8 Å². The summed E-state index contributed by atoms with van der Waals surface area (Å²) in [7, 11) is 0. The molecule has 1 fully saturated rings. The molecule has 0 aliphatic carbocycles. The number of carbonyl (C=O) groups excluding carboxylic acids is 1. The summed E-state index contributed by atoms with van der Waals surface area (Å²) in [6, 6.07) is 9.06. The molecule has 24 heavy (non-hydrogen) atoms. The summed E-state index contributed by atoms with van der Waals surface area (Å²) < 4.78 is 16.1. The maximum atomic E-state index is 11.8. The summed E-state index contributed by atoms with van der Waals surface area (Å²) in [4.78, 5) is 11.8. The molecule has 3 rings (SSSR count). The van der Waals surface area contributed by atoms with Crippen molar-refractivity contribution in [2.24, 2.45) is 0 Å². The smallest absolute Gasteiger partial charge is 0.246 e. The Hall–Kier alpha value is -1.89. The molecular formula is C17H19ClN2O4. The number of amides is 1.